The third-order valence-electron chi connectivity index (χ3n) is 1.79. The molecule has 0 bridgehead atoms. The van der Waals surface area contributed by atoms with Crippen LogP contribution in [0.25, 0.3) is 0 Å². The van der Waals surface area contributed by atoms with E-state index < -0.39 is 5.60 Å². The number of ether oxygens (including phenoxy) is 1. The van der Waals surface area contributed by atoms with Gasteiger partial charge in [-0.1, -0.05) is 17.6 Å². The summed E-state index contributed by atoms with van der Waals surface area (Å²) in [6.45, 7) is 6.18. The van der Waals surface area contributed by atoms with E-state index in [0.29, 0.717) is 12.9 Å². The van der Waals surface area contributed by atoms with Crippen LogP contribution in [-0.4, -0.2) is 12.1 Å². The van der Waals surface area contributed by atoms with E-state index in [-0.39, 0.29) is 0 Å². The molecule has 0 aliphatic rings. The number of terminal acetylenes is 1. The van der Waals surface area contributed by atoms with Crippen molar-refractivity contribution in [1.29, 1.82) is 0 Å². The molecule has 0 heterocycles. The molecule has 1 atom stereocenters. The Hall–Kier alpha value is -1.23. The molecule has 0 saturated carbocycles. The SMILES string of the molecule is C#CC(C)(CCC=C(C)C)OC=O. The Labute approximate surface area is 80.0 Å². The fourth-order valence-electron chi connectivity index (χ4n) is 0.908. The van der Waals surface area contributed by atoms with Gasteiger partial charge < -0.3 is 4.74 Å². The lowest BCUT2D eigenvalue weighted by Crippen LogP contribution is -2.25. The third-order valence-corrected chi connectivity index (χ3v) is 1.79. The second-order valence-electron chi connectivity index (χ2n) is 3.41. The zero-order chi connectivity index (χ0) is 10.3. The van der Waals surface area contributed by atoms with Crippen molar-refractivity contribution in [3.8, 4) is 12.3 Å². The molecule has 0 fully saturated rings. The van der Waals surface area contributed by atoms with Crippen molar-refractivity contribution in [2.45, 2.75) is 39.2 Å². The molecule has 0 aromatic rings. The Morgan fingerprint density at radius 2 is 2.23 bits per heavy atom. The zero-order valence-corrected chi connectivity index (χ0v) is 8.46. The van der Waals surface area contributed by atoms with E-state index in [0.717, 1.165) is 6.42 Å². The summed E-state index contributed by atoms with van der Waals surface area (Å²) in [4.78, 5) is 10.1. The smallest absolute Gasteiger partial charge is 0.294 e. The molecule has 0 aromatic heterocycles. The Bertz CT molecular complexity index is 231. The van der Waals surface area contributed by atoms with Gasteiger partial charge in [-0.15, -0.1) is 6.42 Å². The molecule has 0 aromatic carbocycles. The quantitative estimate of drug-likeness (QED) is 0.368. The van der Waals surface area contributed by atoms with Crippen LogP contribution in [0.2, 0.25) is 0 Å². The van der Waals surface area contributed by atoms with Crippen LogP contribution in [0.4, 0.5) is 0 Å². The first-order valence-electron chi connectivity index (χ1n) is 4.26. The first kappa shape index (κ1) is 11.8. The van der Waals surface area contributed by atoms with Gasteiger partial charge in [0.1, 0.15) is 0 Å². The third kappa shape index (κ3) is 5.08. The monoisotopic (exact) mass is 180 g/mol. The normalized spacial score (nSPS) is 13.7. The van der Waals surface area contributed by atoms with Gasteiger partial charge in [-0.05, 0) is 27.2 Å². The van der Waals surface area contributed by atoms with Crippen molar-refractivity contribution in [2.24, 2.45) is 0 Å². The van der Waals surface area contributed by atoms with Gasteiger partial charge >= 0.3 is 0 Å². The van der Waals surface area contributed by atoms with Gasteiger partial charge in [0.2, 0.25) is 0 Å². The predicted octanol–water partition coefficient (Wildman–Crippen LogP) is 2.30. The molecule has 2 heteroatoms. The van der Waals surface area contributed by atoms with E-state index in [1.165, 1.54) is 5.57 Å². The van der Waals surface area contributed by atoms with Crippen molar-refractivity contribution in [2.75, 3.05) is 0 Å². The molecule has 0 saturated heterocycles. The molecule has 13 heavy (non-hydrogen) atoms. The minimum Gasteiger partial charge on any atom is -0.448 e. The second kappa shape index (κ2) is 5.42. The van der Waals surface area contributed by atoms with Crippen LogP contribution in [0.15, 0.2) is 11.6 Å². The lowest BCUT2D eigenvalue weighted by Gasteiger charge is -2.20. The molecule has 0 radical (unpaired) electrons. The largest absolute Gasteiger partial charge is 0.448 e. The molecule has 0 aliphatic carbocycles. The topological polar surface area (TPSA) is 26.3 Å². The van der Waals surface area contributed by atoms with Crippen molar-refractivity contribution in [3.05, 3.63) is 11.6 Å². The molecule has 1 unspecified atom stereocenters. The summed E-state index contributed by atoms with van der Waals surface area (Å²) in [5, 5.41) is 0. The number of rotatable bonds is 5. The minimum absolute atomic E-state index is 0.405. The first-order chi connectivity index (χ1) is 6.04. The van der Waals surface area contributed by atoms with Gasteiger partial charge in [0.15, 0.2) is 5.60 Å². The first-order valence-corrected chi connectivity index (χ1v) is 4.26. The summed E-state index contributed by atoms with van der Waals surface area (Å²) in [5.74, 6) is 2.47. The Kier molecular flexibility index (Phi) is 4.91. The average molecular weight is 180 g/mol. The summed E-state index contributed by atoms with van der Waals surface area (Å²) >= 11 is 0. The Morgan fingerprint density at radius 1 is 1.62 bits per heavy atom. The summed E-state index contributed by atoms with van der Waals surface area (Å²) in [6.07, 6.45) is 8.82. The highest BCUT2D eigenvalue weighted by atomic mass is 16.5. The van der Waals surface area contributed by atoms with Crippen LogP contribution in [0, 0.1) is 12.3 Å². The van der Waals surface area contributed by atoms with E-state index in [9.17, 15) is 4.79 Å². The van der Waals surface area contributed by atoms with E-state index in [1.807, 2.05) is 13.8 Å². The van der Waals surface area contributed by atoms with E-state index in [2.05, 4.69) is 12.0 Å². The maximum Gasteiger partial charge on any atom is 0.294 e. The van der Waals surface area contributed by atoms with Crippen LogP contribution >= 0.6 is 0 Å². The second-order valence-corrected chi connectivity index (χ2v) is 3.41. The number of allylic oxidation sites excluding steroid dienone is 2. The standard InChI is InChI=1S/C11H16O2/c1-5-11(4,13-9-12)8-6-7-10(2)3/h1,7,9H,6,8H2,2-4H3. The lowest BCUT2D eigenvalue weighted by atomic mass is 10.0. The summed E-state index contributed by atoms with van der Waals surface area (Å²) in [7, 11) is 0. The van der Waals surface area contributed by atoms with Crippen LogP contribution < -0.4 is 0 Å². The fourth-order valence-corrected chi connectivity index (χ4v) is 0.908. The van der Waals surface area contributed by atoms with Gasteiger partial charge in [0.25, 0.3) is 6.47 Å². The molecular formula is C11H16O2. The van der Waals surface area contributed by atoms with Crippen molar-refractivity contribution in [3.63, 3.8) is 0 Å². The van der Waals surface area contributed by atoms with Crippen molar-refractivity contribution in [1.82, 2.24) is 0 Å². The average Bonchev–Trinajstić information content (AvgIpc) is 2.04. The maximum absolute atomic E-state index is 10.1. The highest BCUT2D eigenvalue weighted by Crippen LogP contribution is 2.16. The van der Waals surface area contributed by atoms with Gasteiger partial charge in [-0.2, -0.15) is 0 Å². The Morgan fingerprint density at radius 3 is 2.62 bits per heavy atom. The summed E-state index contributed by atoms with van der Waals surface area (Å²) in [5.41, 5.74) is 0.485. The summed E-state index contributed by atoms with van der Waals surface area (Å²) in [6, 6.07) is 0. The van der Waals surface area contributed by atoms with Crippen LogP contribution in [0.1, 0.15) is 33.6 Å². The highest BCUT2D eigenvalue weighted by molar-refractivity contribution is 5.39. The molecule has 0 N–H and O–H groups in total. The molecule has 0 amide bonds. The Balaban J connectivity index is 4.07. The van der Waals surface area contributed by atoms with Crippen LogP contribution in [0.3, 0.4) is 0 Å². The van der Waals surface area contributed by atoms with Crippen LogP contribution in [-0.2, 0) is 9.53 Å². The fraction of sp³-hybridized carbons (Fsp3) is 0.545. The van der Waals surface area contributed by atoms with Gasteiger partial charge in [0, 0.05) is 6.42 Å². The van der Waals surface area contributed by atoms with Crippen LogP contribution in [0.5, 0.6) is 0 Å². The van der Waals surface area contributed by atoms with Crippen molar-refractivity contribution >= 4 is 6.47 Å². The van der Waals surface area contributed by atoms with Gasteiger partial charge in [0.05, 0.1) is 0 Å². The van der Waals surface area contributed by atoms with Gasteiger partial charge in [-0.3, -0.25) is 4.79 Å². The van der Waals surface area contributed by atoms with Gasteiger partial charge in [-0.25, -0.2) is 0 Å². The molecule has 0 spiro atoms. The minimum atomic E-state index is -0.756. The molecule has 0 aliphatic heterocycles. The lowest BCUT2D eigenvalue weighted by molar-refractivity contribution is -0.137. The summed E-state index contributed by atoms with van der Waals surface area (Å²) < 4.78 is 4.81. The van der Waals surface area contributed by atoms with E-state index >= 15 is 0 Å². The number of hydrogen-bond donors (Lipinski definition) is 0. The maximum atomic E-state index is 10.1. The van der Waals surface area contributed by atoms with Crippen molar-refractivity contribution < 1.29 is 9.53 Å². The predicted molar refractivity (Wildman–Crippen MR) is 53.1 cm³/mol. The molecule has 2 nitrogen and oxygen atoms in total. The zero-order valence-electron chi connectivity index (χ0n) is 8.46. The number of hydrogen-bond acceptors (Lipinski definition) is 2. The molecule has 0 rings (SSSR count). The molecule has 72 valence electrons. The number of carbonyl (C=O) groups excluding carboxylic acids is 1. The van der Waals surface area contributed by atoms with E-state index in [1.54, 1.807) is 6.92 Å². The highest BCUT2D eigenvalue weighted by Gasteiger charge is 2.20. The number of carbonyl (C=O) groups is 1. The van der Waals surface area contributed by atoms with E-state index in [4.69, 9.17) is 11.2 Å². The molecular weight excluding hydrogens is 164 g/mol.